The maximum absolute atomic E-state index is 12.0. The van der Waals surface area contributed by atoms with E-state index in [1.165, 1.54) is 6.33 Å². The fourth-order valence-corrected chi connectivity index (χ4v) is 4.97. The van der Waals surface area contributed by atoms with E-state index in [0.717, 1.165) is 46.6 Å². The molecule has 0 bridgehead atoms. The number of hydrogen-bond acceptors (Lipinski definition) is 7. The normalized spacial score (nSPS) is 16.5. The molecule has 3 heterocycles. The molecule has 33 heavy (non-hydrogen) atoms. The zero-order chi connectivity index (χ0) is 24.0. The minimum absolute atomic E-state index is 0.0136. The average Bonchev–Trinajstić information content (AvgIpc) is 3.11. The molecule has 2 atom stereocenters. The number of rotatable bonds is 6. The van der Waals surface area contributed by atoms with E-state index in [2.05, 4.69) is 20.2 Å². The van der Waals surface area contributed by atoms with E-state index in [9.17, 15) is 4.79 Å². The summed E-state index contributed by atoms with van der Waals surface area (Å²) in [5.74, 6) is 1.43. The fourth-order valence-electron chi connectivity index (χ4n) is 4.75. The van der Waals surface area contributed by atoms with Gasteiger partial charge in [-0.05, 0) is 39.3 Å². The van der Waals surface area contributed by atoms with E-state index in [-0.39, 0.29) is 23.9 Å². The van der Waals surface area contributed by atoms with Gasteiger partial charge < -0.3 is 15.8 Å². The summed E-state index contributed by atoms with van der Waals surface area (Å²) < 4.78 is 7.81. The highest BCUT2D eigenvalue weighted by Crippen LogP contribution is 2.44. The molecule has 3 aromatic rings. The molecule has 0 radical (unpaired) electrons. The summed E-state index contributed by atoms with van der Waals surface area (Å²) in [6.45, 7) is 9.38. The van der Waals surface area contributed by atoms with Gasteiger partial charge in [-0.1, -0.05) is 11.6 Å². The predicted molar refractivity (Wildman–Crippen MR) is 129 cm³/mol. The molecule has 2 unspecified atom stereocenters. The molecule has 0 saturated carbocycles. The standard InChI is InChI=1S/C23H30ClN7O2/c1-11-17(24)7-16(13(3)31-22-19(12(2)29-31)21(25)27-10-28-22)20(33-6)18(11)15-8-30(9-15)14(4)23(32)26-5/h7,10,13-15H,8-9H2,1-6H3,(H,26,32)(H2,25,27,28). The van der Waals surface area contributed by atoms with Crippen molar-refractivity contribution >= 4 is 34.4 Å². The molecule has 3 N–H and O–H groups in total. The van der Waals surface area contributed by atoms with E-state index in [1.807, 2.05) is 38.4 Å². The Morgan fingerprint density at radius 2 is 2.00 bits per heavy atom. The molecule has 1 aromatic carbocycles. The molecule has 1 saturated heterocycles. The summed E-state index contributed by atoms with van der Waals surface area (Å²) in [7, 11) is 3.34. The Hall–Kier alpha value is -2.91. The van der Waals surface area contributed by atoms with Crippen molar-refractivity contribution in [2.45, 2.75) is 45.7 Å². The Balaban J connectivity index is 1.75. The quantitative estimate of drug-likeness (QED) is 0.568. The SMILES string of the molecule is CNC(=O)C(C)N1CC(c2c(C)c(Cl)cc(C(C)n3nc(C)c4c(N)ncnc43)c2OC)C1. The highest BCUT2D eigenvalue weighted by molar-refractivity contribution is 6.31. The smallest absolute Gasteiger partial charge is 0.236 e. The Morgan fingerprint density at radius 1 is 1.30 bits per heavy atom. The van der Waals surface area contributed by atoms with Crippen LogP contribution in [0.4, 0.5) is 5.82 Å². The Kier molecular flexibility index (Phi) is 6.20. The Labute approximate surface area is 198 Å². The van der Waals surface area contributed by atoms with E-state index in [4.69, 9.17) is 27.2 Å². The van der Waals surface area contributed by atoms with Crippen LogP contribution in [0.15, 0.2) is 12.4 Å². The monoisotopic (exact) mass is 471 g/mol. The van der Waals surface area contributed by atoms with Gasteiger partial charge in [0.05, 0.1) is 30.3 Å². The Bertz CT molecular complexity index is 1220. The summed E-state index contributed by atoms with van der Waals surface area (Å²) in [5, 5.41) is 8.85. The number of nitrogens with one attached hydrogen (secondary N) is 1. The molecule has 9 nitrogen and oxygen atoms in total. The maximum Gasteiger partial charge on any atom is 0.236 e. The fraction of sp³-hybridized carbons (Fsp3) is 0.478. The molecule has 10 heteroatoms. The van der Waals surface area contributed by atoms with Crippen LogP contribution in [-0.2, 0) is 4.79 Å². The van der Waals surface area contributed by atoms with Crippen molar-refractivity contribution in [2.24, 2.45) is 0 Å². The number of carbonyl (C=O) groups is 1. The van der Waals surface area contributed by atoms with Crippen LogP contribution in [0.5, 0.6) is 5.75 Å². The lowest BCUT2D eigenvalue weighted by molar-refractivity contribution is -0.127. The number of likely N-dealkylation sites (tertiary alicyclic amines) is 1. The first-order chi connectivity index (χ1) is 15.7. The van der Waals surface area contributed by atoms with Gasteiger partial charge in [0, 0.05) is 42.2 Å². The molecule has 1 amide bonds. The number of carbonyl (C=O) groups excluding carboxylic acids is 1. The molecule has 4 rings (SSSR count). The second-order valence-electron chi connectivity index (χ2n) is 8.62. The highest BCUT2D eigenvalue weighted by atomic mass is 35.5. The van der Waals surface area contributed by atoms with Crippen LogP contribution in [0.2, 0.25) is 5.02 Å². The number of methoxy groups -OCH3 is 1. The third kappa shape index (κ3) is 3.79. The number of aromatic nitrogens is 4. The van der Waals surface area contributed by atoms with Crippen molar-refractivity contribution in [3.8, 4) is 5.75 Å². The van der Waals surface area contributed by atoms with Crippen LogP contribution < -0.4 is 15.8 Å². The zero-order valence-corrected chi connectivity index (χ0v) is 20.6. The summed E-state index contributed by atoms with van der Waals surface area (Å²) in [6, 6.07) is 1.56. The second-order valence-corrected chi connectivity index (χ2v) is 9.03. The van der Waals surface area contributed by atoms with E-state index >= 15 is 0 Å². The van der Waals surface area contributed by atoms with E-state index in [0.29, 0.717) is 16.5 Å². The molecule has 176 valence electrons. The third-order valence-corrected chi connectivity index (χ3v) is 7.15. The number of hydrogen-bond donors (Lipinski definition) is 2. The predicted octanol–water partition coefficient (Wildman–Crippen LogP) is 2.83. The Morgan fingerprint density at radius 3 is 2.64 bits per heavy atom. The second kappa shape index (κ2) is 8.79. The number of likely N-dealkylation sites (N-methyl/N-ethyl adjacent to an activating group) is 1. The molecule has 2 aromatic heterocycles. The first-order valence-corrected chi connectivity index (χ1v) is 11.3. The van der Waals surface area contributed by atoms with Crippen molar-refractivity contribution in [3.05, 3.63) is 39.8 Å². The summed E-state index contributed by atoms with van der Waals surface area (Å²) in [4.78, 5) is 22.7. The van der Waals surface area contributed by atoms with Crippen LogP contribution in [0.1, 0.15) is 48.2 Å². The van der Waals surface area contributed by atoms with Crippen LogP contribution in [0.3, 0.4) is 0 Å². The number of aryl methyl sites for hydroxylation is 1. The van der Waals surface area contributed by atoms with Gasteiger partial charge in [0.15, 0.2) is 5.65 Å². The number of nitrogens with two attached hydrogens (primary N) is 1. The van der Waals surface area contributed by atoms with Gasteiger partial charge in [-0.15, -0.1) is 0 Å². The highest BCUT2D eigenvalue weighted by Gasteiger charge is 2.38. The lowest BCUT2D eigenvalue weighted by atomic mass is 9.84. The van der Waals surface area contributed by atoms with Crippen LogP contribution in [-0.4, -0.2) is 63.8 Å². The molecule has 0 aliphatic carbocycles. The van der Waals surface area contributed by atoms with E-state index in [1.54, 1.807) is 14.2 Å². The number of halogens is 1. The van der Waals surface area contributed by atoms with Gasteiger partial charge in [0.2, 0.25) is 5.91 Å². The van der Waals surface area contributed by atoms with E-state index < -0.39 is 0 Å². The molecule has 0 spiro atoms. The first-order valence-electron chi connectivity index (χ1n) is 11.0. The van der Waals surface area contributed by atoms with Crippen LogP contribution >= 0.6 is 11.6 Å². The number of ether oxygens (including phenoxy) is 1. The van der Waals surface area contributed by atoms with Crippen molar-refractivity contribution in [3.63, 3.8) is 0 Å². The topological polar surface area (TPSA) is 111 Å². The van der Waals surface area contributed by atoms with Gasteiger partial charge in [0.1, 0.15) is 17.9 Å². The number of nitrogen functional groups attached to an aromatic ring is 1. The van der Waals surface area contributed by atoms with Gasteiger partial charge >= 0.3 is 0 Å². The lowest BCUT2D eigenvalue weighted by Gasteiger charge is -2.43. The number of amides is 1. The average molecular weight is 472 g/mol. The number of nitrogens with zero attached hydrogens (tertiary/aromatic N) is 5. The minimum Gasteiger partial charge on any atom is -0.496 e. The van der Waals surface area contributed by atoms with Crippen LogP contribution in [0.25, 0.3) is 11.0 Å². The summed E-state index contributed by atoms with van der Waals surface area (Å²) in [5.41, 5.74) is 10.5. The van der Waals surface area contributed by atoms with Gasteiger partial charge in [0.25, 0.3) is 0 Å². The molecule has 1 fully saturated rings. The van der Waals surface area contributed by atoms with Crippen molar-refractivity contribution in [2.75, 3.05) is 33.0 Å². The number of fused-ring (bicyclic) bond motifs is 1. The largest absolute Gasteiger partial charge is 0.496 e. The van der Waals surface area contributed by atoms with Crippen molar-refractivity contribution < 1.29 is 9.53 Å². The van der Waals surface area contributed by atoms with Crippen molar-refractivity contribution in [1.29, 1.82) is 0 Å². The van der Waals surface area contributed by atoms with Crippen LogP contribution in [0, 0.1) is 13.8 Å². The maximum atomic E-state index is 12.0. The molecular formula is C23H30ClN7O2. The minimum atomic E-state index is -0.205. The molecule has 1 aliphatic rings. The number of benzene rings is 1. The van der Waals surface area contributed by atoms with Crippen molar-refractivity contribution in [1.82, 2.24) is 30.0 Å². The van der Waals surface area contributed by atoms with Gasteiger partial charge in [-0.25, -0.2) is 14.6 Å². The van der Waals surface area contributed by atoms with Gasteiger partial charge in [-0.2, -0.15) is 5.10 Å². The zero-order valence-electron chi connectivity index (χ0n) is 19.8. The summed E-state index contributed by atoms with van der Waals surface area (Å²) >= 11 is 6.72. The third-order valence-electron chi connectivity index (χ3n) is 6.76. The first kappa shape index (κ1) is 23.3. The number of anilines is 1. The summed E-state index contributed by atoms with van der Waals surface area (Å²) in [6.07, 6.45) is 1.45. The van der Waals surface area contributed by atoms with Gasteiger partial charge in [-0.3, -0.25) is 9.69 Å². The molecule has 1 aliphatic heterocycles. The lowest BCUT2D eigenvalue weighted by Crippen LogP contribution is -2.54. The molecular weight excluding hydrogens is 442 g/mol.